The quantitative estimate of drug-likeness (QED) is 0.591. The molecule has 0 aliphatic rings. The minimum atomic E-state index is 0. The summed E-state index contributed by atoms with van der Waals surface area (Å²) in [6.45, 7) is 0. The second-order valence-electron chi connectivity index (χ2n) is 1.61. The third-order valence-corrected chi connectivity index (χ3v) is 0.955. The fourth-order valence-corrected chi connectivity index (χ4v) is 0.513. The molecule has 1 aromatic carbocycles. The molecule has 0 aromatic heterocycles. The van der Waals surface area contributed by atoms with Gasteiger partial charge in [-0.1, -0.05) is 0 Å². The van der Waals surface area contributed by atoms with E-state index < -0.39 is 0 Å². The van der Waals surface area contributed by atoms with Gasteiger partial charge in [0.05, 0.1) is 0 Å². The number of nitrogens with zero attached hydrogens (tertiary/aromatic N) is 1. The maximum Gasteiger partial charge on any atom is 0.115 e. The Bertz CT molecular complexity index is 207. The predicted molar refractivity (Wildman–Crippen MR) is 37.2 cm³/mol. The van der Waals surface area contributed by atoms with Crippen molar-refractivity contribution < 1.29 is 10.6 Å². The van der Waals surface area contributed by atoms with Crippen molar-refractivity contribution in [3.8, 4) is 5.75 Å². The molecule has 0 bridgehead atoms. The van der Waals surface area contributed by atoms with Gasteiger partial charge in [-0.15, -0.1) is 4.91 Å². The topological polar surface area (TPSA) is 81.2 Å². The highest BCUT2D eigenvalue weighted by Gasteiger charge is 1.88. The molecule has 0 saturated carbocycles. The van der Waals surface area contributed by atoms with Crippen LogP contribution in [-0.4, -0.2) is 10.6 Å². The van der Waals surface area contributed by atoms with E-state index in [1.54, 1.807) is 0 Å². The normalized spacial score (nSPS) is 8.00. The van der Waals surface area contributed by atoms with Gasteiger partial charge in [0.2, 0.25) is 0 Å². The maximum atomic E-state index is 9.79. The molecular weight excluding hydrogens is 134 g/mol. The van der Waals surface area contributed by atoms with Crippen LogP contribution in [0.25, 0.3) is 0 Å². The van der Waals surface area contributed by atoms with E-state index in [4.69, 9.17) is 5.11 Å². The van der Waals surface area contributed by atoms with Crippen molar-refractivity contribution in [2.75, 3.05) is 0 Å². The molecule has 1 rings (SSSR count). The number of phenols is 1. The van der Waals surface area contributed by atoms with Crippen molar-refractivity contribution in [2.45, 2.75) is 0 Å². The number of hydrogen-bond donors (Lipinski definition) is 1. The van der Waals surface area contributed by atoms with Crippen molar-refractivity contribution in [3.63, 3.8) is 0 Å². The van der Waals surface area contributed by atoms with E-state index in [9.17, 15) is 4.91 Å². The Morgan fingerprint density at radius 1 is 1.20 bits per heavy atom. The first-order valence-corrected chi connectivity index (χ1v) is 2.45. The van der Waals surface area contributed by atoms with Gasteiger partial charge in [-0.3, -0.25) is 0 Å². The Morgan fingerprint density at radius 2 is 1.70 bits per heavy atom. The van der Waals surface area contributed by atoms with Gasteiger partial charge in [0.1, 0.15) is 11.4 Å². The summed E-state index contributed by atoms with van der Waals surface area (Å²) in [4.78, 5) is 9.79. The second kappa shape index (κ2) is 3.58. The first-order valence-electron chi connectivity index (χ1n) is 2.45. The minimum absolute atomic E-state index is 0. The Labute approximate surface area is 57.4 Å². The van der Waals surface area contributed by atoms with Crippen LogP contribution in [0.4, 0.5) is 5.69 Å². The second-order valence-corrected chi connectivity index (χ2v) is 1.61. The van der Waals surface area contributed by atoms with Gasteiger partial charge in [0.25, 0.3) is 0 Å². The van der Waals surface area contributed by atoms with Crippen molar-refractivity contribution in [2.24, 2.45) is 5.18 Å². The molecule has 0 fully saturated rings. The Balaban J connectivity index is 0.000000810. The van der Waals surface area contributed by atoms with Crippen LogP contribution in [0.1, 0.15) is 0 Å². The van der Waals surface area contributed by atoms with Crippen molar-refractivity contribution in [1.29, 1.82) is 0 Å². The predicted octanol–water partition coefficient (Wildman–Crippen LogP) is 0.965. The van der Waals surface area contributed by atoms with Gasteiger partial charge in [-0.05, 0) is 29.4 Å². The zero-order valence-electron chi connectivity index (χ0n) is 5.11. The van der Waals surface area contributed by atoms with Gasteiger partial charge >= 0.3 is 0 Å². The zero-order valence-corrected chi connectivity index (χ0v) is 5.11. The molecule has 4 heteroatoms. The summed E-state index contributed by atoms with van der Waals surface area (Å²) in [6.07, 6.45) is 0. The molecule has 0 aliphatic carbocycles. The molecule has 0 aliphatic heterocycles. The Hall–Kier alpha value is -1.42. The van der Waals surface area contributed by atoms with E-state index in [1.807, 2.05) is 0 Å². The first-order chi connectivity index (χ1) is 4.33. The summed E-state index contributed by atoms with van der Waals surface area (Å²) >= 11 is 0. The smallest absolute Gasteiger partial charge is 0.115 e. The summed E-state index contributed by atoms with van der Waals surface area (Å²) in [7, 11) is 0. The zero-order chi connectivity index (χ0) is 6.69. The molecule has 10 heavy (non-hydrogen) atoms. The molecule has 0 unspecified atom stereocenters. The van der Waals surface area contributed by atoms with Crippen LogP contribution >= 0.6 is 0 Å². The number of phenolic OH excluding ortho intramolecular Hbond substituents is 1. The summed E-state index contributed by atoms with van der Waals surface area (Å²) in [5, 5.41) is 11.4. The Kier molecular flexibility index (Phi) is 3.07. The number of rotatable bonds is 1. The SMILES string of the molecule is O.O=Nc1ccc(O)cc1. The third kappa shape index (κ3) is 1.83. The fourth-order valence-electron chi connectivity index (χ4n) is 0.513. The van der Waals surface area contributed by atoms with Gasteiger partial charge in [-0.25, -0.2) is 0 Å². The molecule has 0 heterocycles. The van der Waals surface area contributed by atoms with E-state index in [-0.39, 0.29) is 11.2 Å². The lowest BCUT2D eigenvalue weighted by molar-refractivity contribution is 0.475. The van der Waals surface area contributed by atoms with E-state index >= 15 is 0 Å². The highest BCUT2D eigenvalue weighted by molar-refractivity contribution is 5.40. The van der Waals surface area contributed by atoms with Gasteiger partial charge < -0.3 is 10.6 Å². The average Bonchev–Trinajstić information content (AvgIpc) is 1.90. The highest BCUT2D eigenvalue weighted by Crippen LogP contribution is 2.15. The van der Waals surface area contributed by atoms with Crippen LogP contribution in [-0.2, 0) is 0 Å². The molecule has 54 valence electrons. The van der Waals surface area contributed by atoms with E-state index in [0.29, 0.717) is 5.69 Å². The molecule has 0 spiro atoms. The molecule has 4 nitrogen and oxygen atoms in total. The average molecular weight is 141 g/mol. The van der Waals surface area contributed by atoms with Crippen molar-refractivity contribution in [3.05, 3.63) is 29.2 Å². The largest absolute Gasteiger partial charge is 0.508 e. The van der Waals surface area contributed by atoms with Gasteiger partial charge in [0.15, 0.2) is 0 Å². The molecule has 0 amide bonds. The van der Waals surface area contributed by atoms with Gasteiger partial charge in [0, 0.05) is 0 Å². The van der Waals surface area contributed by atoms with E-state index in [0.717, 1.165) is 0 Å². The summed E-state index contributed by atoms with van der Waals surface area (Å²) in [6, 6.07) is 5.72. The van der Waals surface area contributed by atoms with Gasteiger partial charge in [-0.2, -0.15) is 0 Å². The Morgan fingerprint density at radius 3 is 2.10 bits per heavy atom. The van der Waals surface area contributed by atoms with Crippen LogP contribution in [0.2, 0.25) is 0 Å². The first kappa shape index (κ1) is 8.58. The molecular formula is C6H7NO3. The van der Waals surface area contributed by atoms with Crippen LogP contribution in [0, 0.1) is 4.91 Å². The van der Waals surface area contributed by atoms with Crippen LogP contribution in [0.3, 0.4) is 0 Å². The summed E-state index contributed by atoms with van der Waals surface area (Å²) in [5.41, 5.74) is 0.327. The summed E-state index contributed by atoms with van der Waals surface area (Å²) in [5.74, 6) is 0.141. The lowest BCUT2D eigenvalue weighted by Gasteiger charge is -1.87. The number of nitroso groups, excluding NO2 is 1. The fraction of sp³-hybridized carbons (Fsp3) is 0. The molecule has 0 atom stereocenters. The maximum absolute atomic E-state index is 9.79. The highest BCUT2D eigenvalue weighted by atomic mass is 16.3. The number of aromatic hydroxyl groups is 1. The van der Waals surface area contributed by atoms with Crippen LogP contribution in [0.15, 0.2) is 29.4 Å². The monoisotopic (exact) mass is 141 g/mol. The van der Waals surface area contributed by atoms with E-state index in [2.05, 4.69) is 5.18 Å². The molecule has 1 aromatic rings. The van der Waals surface area contributed by atoms with E-state index in [1.165, 1.54) is 24.3 Å². The molecule has 0 radical (unpaired) electrons. The third-order valence-electron chi connectivity index (χ3n) is 0.955. The minimum Gasteiger partial charge on any atom is -0.508 e. The van der Waals surface area contributed by atoms with Crippen LogP contribution < -0.4 is 0 Å². The van der Waals surface area contributed by atoms with Crippen molar-refractivity contribution >= 4 is 5.69 Å². The number of benzene rings is 1. The number of hydrogen-bond acceptors (Lipinski definition) is 3. The molecule has 0 saturated heterocycles. The summed E-state index contributed by atoms with van der Waals surface area (Å²) < 4.78 is 0. The van der Waals surface area contributed by atoms with Crippen molar-refractivity contribution in [1.82, 2.24) is 0 Å². The molecule has 3 N–H and O–H groups in total. The lowest BCUT2D eigenvalue weighted by Crippen LogP contribution is -1.61. The standard InChI is InChI=1S/C6H5NO2.H2O/c8-6-3-1-5(7-9)2-4-6;/h1-4,8H;1H2. The van der Waals surface area contributed by atoms with Crippen LogP contribution in [0.5, 0.6) is 5.75 Å². The lowest BCUT2D eigenvalue weighted by atomic mass is 10.3.